The zero-order valence-corrected chi connectivity index (χ0v) is 17.0. The van der Waals surface area contributed by atoms with E-state index in [0.717, 1.165) is 22.5 Å². The number of fused-ring (bicyclic) bond motifs is 1. The fourth-order valence-electron chi connectivity index (χ4n) is 4.71. The summed E-state index contributed by atoms with van der Waals surface area (Å²) in [4.78, 5) is 13.4. The summed E-state index contributed by atoms with van der Waals surface area (Å²) in [6.07, 6.45) is 10.5. The van der Waals surface area contributed by atoms with Gasteiger partial charge in [-0.3, -0.25) is 19.3 Å². The number of aromatic amines is 1. The van der Waals surface area contributed by atoms with Crippen LogP contribution in [-0.2, 0) is 14.1 Å². The number of hydrogen-bond donors (Lipinski definition) is 2. The fraction of sp³-hybridized carbons (Fsp3) is 0.429. The Bertz CT molecular complexity index is 1320. The highest BCUT2D eigenvalue weighted by Crippen LogP contribution is 2.52. The summed E-state index contributed by atoms with van der Waals surface area (Å²) < 4.78 is 5.54. The molecule has 4 heterocycles. The fourth-order valence-corrected chi connectivity index (χ4v) is 4.71. The third-order valence-corrected chi connectivity index (χ3v) is 6.47. The maximum Gasteiger partial charge on any atom is 0.264 e. The number of anilines is 1. The van der Waals surface area contributed by atoms with E-state index in [9.17, 15) is 4.79 Å². The molecule has 2 aliphatic carbocycles. The van der Waals surface area contributed by atoms with Crippen LogP contribution in [0.2, 0.25) is 0 Å². The largest absolute Gasteiger partial charge is 0.382 e. The number of nitrogen functional groups attached to an aromatic ring is 1. The van der Waals surface area contributed by atoms with Crippen molar-refractivity contribution < 1.29 is 0 Å². The molecule has 0 bridgehead atoms. The number of nitrogens with two attached hydrogens (primary N) is 1. The van der Waals surface area contributed by atoms with Gasteiger partial charge in [0, 0.05) is 43.7 Å². The van der Waals surface area contributed by atoms with Gasteiger partial charge >= 0.3 is 0 Å². The molecule has 30 heavy (non-hydrogen) atoms. The van der Waals surface area contributed by atoms with Gasteiger partial charge in [0.25, 0.3) is 5.56 Å². The number of aryl methyl sites for hydroxylation is 2. The monoisotopic (exact) mass is 404 g/mol. The predicted octanol–water partition coefficient (Wildman–Crippen LogP) is 2.47. The Labute approximate surface area is 172 Å². The SMILES string of the molecule is Cn1cc(-c2cc(-c3cn(C(C4CC4)C4CC4)c(=O)c4c(N)n[nH]c34)nn2C)cn1. The predicted molar refractivity (Wildman–Crippen MR) is 114 cm³/mol. The Kier molecular flexibility index (Phi) is 3.54. The van der Waals surface area contributed by atoms with Crippen molar-refractivity contribution in [1.82, 2.24) is 34.3 Å². The lowest BCUT2D eigenvalue weighted by Crippen LogP contribution is -2.27. The lowest BCUT2D eigenvalue weighted by molar-refractivity contribution is 0.386. The van der Waals surface area contributed by atoms with Gasteiger partial charge in [-0.15, -0.1) is 0 Å². The molecule has 0 spiro atoms. The van der Waals surface area contributed by atoms with Crippen LogP contribution >= 0.6 is 0 Å². The van der Waals surface area contributed by atoms with Crippen molar-refractivity contribution in [3.8, 4) is 22.5 Å². The minimum absolute atomic E-state index is 0.0489. The second kappa shape index (κ2) is 6.07. The molecular weight excluding hydrogens is 380 g/mol. The third kappa shape index (κ3) is 2.61. The molecule has 3 N–H and O–H groups in total. The van der Waals surface area contributed by atoms with Crippen molar-refractivity contribution in [2.45, 2.75) is 31.7 Å². The van der Waals surface area contributed by atoms with Crippen LogP contribution in [-0.4, -0.2) is 34.3 Å². The maximum atomic E-state index is 13.4. The molecule has 2 saturated carbocycles. The van der Waals surface area contributed by atoms with Crippen LogP contribution < -0.4 is 11.3 Å². The van der Waals surface area contributed by atoms with E-state index in [4.69, 9.17) is 10.8 Å². The van der Waals surface area contributed by atoms with Gasteiger partial charge in [0.2, 0.25) is 0 Å². The highest BCUT2D eigenvalue weighted by Gasteiger charge is 2.43. The number of aromatic nitrogens is 7. The van der Waals surface area contributed by atoms with Crippen LogP contribution in [0, 0.1) is 11.8 Å². The smallest absolute Gasteiger partial charge is 0.264 e. The second-order valence-corrected chi connectivity index (χ2v) is 8.72. The number of pyridine rings is 1. The number of rotatable bonds is 5. The minimum atomic E-state index is -0.0489. The van der Waals surface area contributed by atoms with Gasteiger partial charge in [0.05, 0.1) is 23.1 Å². The molecule has 2 aliphatic rings. The summed E-state index contributed by atoms with van der Waals surface area (Å²) >= 11 is 0. The Morgan fingerprint density at radius 1 is 1.17 bits per heavy atom. The van der Waals surface area contributed by atoms with Crippen molar-refractivity contribution in [1.29, 1.82) is 0 Å². The van der Waals surface area contributed by atoms with Crippen LogP contribution in [0.25, 0.3) is 33.4 Å². The molecule has 0 aliphatic heterocycles. The Balaban J connectivity index is 1.56. The first-order valence-corrected chi connectivity index (χ1v) is 10.4. The highest BCUT2D eigenvalue weighted by molar-refractivity contribution is 5.97. The van der Waals surface area contributed by atoms with E-state index in [-0.39, 0.29) is 17.4 Å². The molecule has 4 aromatic heterocycles. The van der Waals surface area contributed by atoms with Crippen molar-refractivity contribution >= 4 is 16.7 Å². The first-order chi connectivity index (χ1) is 14.5. The Morgan fingerprint density at radius 3 is 2.53 bits per heavy atom. The maximum absolute atomic E-state index is 13.4. The average molecular weight is 404 g/mol. The standard InChI is InChI=1S/C21H24N8O/c1-27-9-13(8-23-27)16-7-15(26-28(16)2)14-10-29(19(11-3-4-11)12-5-6-12)21(30)17-18(14)24-25-20(17)22/h7-12,19H,3-6H2,1-2H3,(H3,22,24,25). The molecule has 0 unspecified atom stereocenters. The van der Waals surface area contributed by atoms with E-state index >= 15 is 0 Å². The quantitative estimate of drug-likeness (QED) is 0.531. The minimum Gasteiger partial charge on any atom is -0.382 e. The van der Waals surface area contributed by atoms with E-state index in [1.54, 1.807) is 4.68 Å². The van der Waals surface area contributed by atoms with E-state index < -0.39 is 0 Å². The summed E-state index contributed by atoms with van der Waals surface area (Å²) in [5.74, 6) is 1.42. The van der Waals surface area contributed by atoms with Crippen molar-refractivity contribution in [3.05, 3.63) is 35.0 Å². The van der Waals surface area contributed by atoms with Gasteiger partial charge in [-0.05, 0) is 43.6 Å². The van der Waals surface area contributed by atoms with Gasteiger partial charge < -0.3 is 10.3 Å². The van der Waals surface area contributed by atoms with E-state index in [2.05, 4.69) is 15.3 Å². The molecule has 154 valence electrons. The van der Waals surface area contributed by atoms with Crippen molar-refractivity contribution in [2.75, 3.05) is 5.73 Å². The summed E-state index contributed by atoms with van der Waals surface area (Å²) in [7, 11) is 3.81. The normalized spacial score (nSPS) is 16.8. The van der Waals surface area contributed by atoms with Gasteiger partial charge in [-0.1, -0.05) is 0 Å². The topological polar surface area (TPSA) is 112 Å². The Hall–Kier alpha value is -3.36. The van der Waals surface area contributed by atoms with Crippen molar-refractivity contribution in [3.63, 3.8) is 0 Å². The lowest BCUT2D eigenvalue weighted by atomic mass is 10.0. The zero-order chi connectivity index (χ0) is 20.6. The van der Waals surface area contributed by atoms with Crippen LogP contribution in [0.3, 0.4) is 0 Å². The van der Waals surface area contributed by atoms with E-state index in [1.165, 1.54) is 25.7 Å². The molecule has 0 radical (unpaired) electrons. The summed E-state index contributed by atoms with van der Waals surface area (Å²) in [6, 6.07) is 2.28. The molecule has 9 nitrogen and oxygen atoms in total. The first kappa shape index (κ1) is 17.5. The average Bonchev–Trinajstić information content (AvgIpc) is 3.62. The van der Waals surface area contributed by atoms with Crippen LogP contribution in [0.5, 0.6) is 0 Å². The number of H-pyrrole nitrogens is 1. The lowest BCUT2D eigenvalue weighted by Gasteiger charge is -2.20. The van der Waals surface area contributed by atoms with Crippen LogP contribution in [0.4, 0.5) is 5.82 Å². The molecule has 0 amide bonds. The Morgan fingerprint density at radius 2 is 1.90 bits per heavy atom. The number of nitrogens with zero attached hydrogens (tertiary/aromatic N) is 6. The van der Waals surface area contributed by atoms with Crippen molar-refractivity contribution in [2.24, 2.45) is 25.9 Å². The van der Waals surface area contributed by atoms with Crippen LogP contribution in [0.1, 0.15) is 31.7 Å². The molecule has 9 heteroatoms. The summed E-state index contributed by atoms with van der Waals surface area (Å²) in [5, 5.41) is 16.6. The molecule has 0 aromatic carbocycles. The molecule has 0 saturated heterocycles. The molecular formula is C21H24N8O. The molecule has 4 aromatic rings. The van der Waals surface area contributed by atoms with E-state index in [0.29, 0.717) is 22.7 Å². The summed E-state index contributed by atoms with van der Waals surface area (Å²) in [5.41, 5.74) is 10.3. The van der Waals surface area contributed by atoms with Gasteiger partial charge in [-0.25, -0.2) is 0 Å². The molecule has 2 fully saturated rings. The van der Waals surface area contributed by atoms with Crippen LogP contribution in [0.15, 0.2) is 29.5 Å². The second-order valence-electron chi connectivity index (χ2n) is 8.72. The number of hydrogen-bond acceptors (Lipinski definition) is 5. The highest BCUT2D eigenvalue weighted by atomic mass is 16.1. The number of nitrogens with one attached hydrogen (secondary N) is 1. The summed E-state index contributed by atoms with van der Waals surface area (Å²) in [6.45, 7) is 0. The molecule has 6 rings (SSSR count). The molecule has 0 atom stereocenters. The van der Waals surface area contributed by atoms with Gasteiger partial charge in [0.15, 0.2) is 5.82 Å². The third-order valence-electron chi connectivity index (χ3n) is 6.47. The van der Waals surface area contributed by atoms with Gasteiger partial charge in [0.1, 0.15) is 5.39 Å². The first-order valence-electron chi connectivity index (χ1n) is 10.4. The zero-order valence-electron chi connectivity index (χ0n) is 17.0. The van der Waals surface area contributed by atoms with E-state index in [1.807, 2.05) is 48.0 Å². The van der Waals surface area contributed by atoms with Gasteiger partial charge in [-0.2, -0.15) is 15.3 Å².